The molecule has 2 unspecified atom stereocenters. The second-order valence-electron chi connectivity index (χ2n) is 21.7. The van der Waals surface area contributed by atoms with Gasteiger partial charge in [-0.3, -0.25) is 9.59 Å². The van der Waals surface area contributed by atoms with Gasteiger partial charge in [-0.25, -0.2) is 0 Å². The molecule has 72 heavy (non-hydrogen) atoms. The molecule has 0 radical (unpaired) electrons. The van der Waals surface area contributed by atoms with E-state index in [2.05, 4.69) is 67.8 Å². The van der Waals surface area contributed by atoms with Crippen LogP contribution < -0.4 is 5.32 Å². The lowest BCUT2D eigenvalue weighted by Crippen LogP contribution is -2.45. The Labute approximate surface area is 448 Å². The minimum atomic E-state index is -0.668. The molecule has 0 aromatic rings. The number of rotatable bonds is 59. The first-order chi connectivity index (χ1) is 35.5. The first kappa shape index (κ1) is 69.8. The number of unbranched alkanes of at least 4 members (excludes halogenated alkanes) is 40. The van der Waals surface area contributed by atoms with E-state index in [9.17, 15) is 19.8 Å². The van der Waals surface area contributed by atoms with Crippen molar-refractivity contribution in [3.63, 3.8) is 0 Å². The molecule has 6 nitrogen and oxygen atoms in total. The van der Waals surface area contributed by atoms with Gasteiger partial charge in [-0.1, -0.05) is 281 Å². The van der Waals surface area contributed by atoms with E-state index >= 15 is 0 Å². The predicted molar refractivity (Wildman–Crippen MR) is 315 cm³/mol. The van der Waals surface area contributed by atoms with Gasteiger partial charge in [0, 0.05) is 12.8 Å². The number of aliphatic hydroxyl groups excluding tert-OH is 2. The summed E-state index contributed by atoms with van der Waals surface area (Å²) in [6, 6.07) is -0.546. The average molecular weight is 1010 g/mol. The number of carbonyl (C=O) groups is 2. The molecule has 3 N–H and O–H groups in total. The fourth-order valence-electron chi connectivity index (χ4n) is 9.70. The van der Waals surface area contributed by atoms with Gasteiger partial charge in [-0.15, -0.1) is 0 Å². The van der Waals surface area contributed by atoms with Crippen LogP contribution in [0, 0.1) is 0 Å². The Balaban J connectivity index is 3.42. The summed E-state index contributed by atoms with van der Waals surface area (Å²) in [6.07, 6.45) is 78.4. The Kier molecular flexibility index (Phi) is 59.5. The molecule has 0 saturated heterocycles. The minimum absolute atomic E-state index is 0.00146. The highest BCUT2D eigenvalue weighted by Gasteiger charge is 2.20. The molecular weight excluding hydrogens is 887 g/mol. The summed E-state index contributed by atoms with van der Waals surface area (Å²) in [6.45, 7) is 4.93. The summed E-state index contributed by atoms with van der Waals surface area (Å²) in [5, 5.41) is 23.2. The summed E-state index contributed by atoms with van der Waals surface area (Å²) in [5.41, 5.74) is 0. The summed E-state index contributed by atoms with van der Waals surface area (Å²) in [7, 11) is 0. The molecule has 0 saturated carbocycles. The van der Waals surface area contributed by atoms with Crippen molar-refractivity contribution in [3.05, 3.63) is 48.6 Å². The molecule has 0 rings (SSSR count). The van der Waals surface area contributed by atoms with Crippen LogP contribution in [0.4, 0.5) is 0 Å². The first-order valence-corrected chi connectivity index (χ1v) is 31.9. The number of hydrogen-bond acceptors (Lipinski definition) is 5. The van der Waals surface area contributed by atoms with Gasteiger partial charge in [-0.2, -0.15) is 0 Å². The van der Waals surface area contributed by atoms with Crippen LogP contribution >= 0.6 is 0 Å². The Morgan fingerprint density at radius 2 is 0.694 bits per heavy atom. The molecule has 0 aromatic heterocycles. The number of allylic oxidation sites excluding steroid dienone is 8. The quantitative estimate of drug-likeness (QED) is 0.0320. The maximum absolute atomic E-state index is 12.5. The molecule has 1 amide bonds. The monoisotopic (exact) mass is 1010 g/mol. The molecular formula is C66H123NO5. The van der Waals surface area contributed by atoms with Crippen molar-refractivity contribution in [2.24, 2.45) is 0 Å². The van der Waals surface area contributed by atoms with E-state index < -0.39 is 12.1 Å². The molecule has 0 aromatic carbocycles. The number of carbonyl (C=O) groups excluding carboxylic acids is 2. The maximum Gasteiger partial charge on any atom is 0.305 e. The van der Waals surface area contributed by atoms with Crippen molar-refractivity contribution < 1.29 is 24.5 Å². The standard InChI is InChI=1S/C66H123NO5/c1-3-5-7-9-11-13-15-17-18-19-30-33-36-40-44-48-52-56-60-66(71)72-61-57-53-49-45-41-37-34-31-28-26-24-22-20-21-23-25-27-29-32-35-39-43-47-51-55-59-65(70)67-63(62-68)64(69)58-54-50-46-42-38-16-14-12-10-8-6-4-2/h13,15,18-19,21-24,63-64,68-69H,3-12,14,16-17,20,25-62H2,1-2H3,(H,67,70)/b15-13-,19-18-,23-21-,24-22-. The second kappa shape index (κ2) is 61.4. The van der Waals surface area contributed by atoms with E-state index in [1.807, 2.05) is 0 Å². The summed E-state index contributed by atoms with van der Waals surface area (Å²) in [4.78, 5) is 24.5. The molecule has 0 spiro atoms. The van der Waals surface area contributed by atoms with Gasteiger partial charge >= 0.3 is 5.97 Å². The van der Waals surface area contributed by atoms with Crippen LogP contribution in [0.15, 0.2) is 48.6 Å². The van der Waals surface area contributed by atoms with Crippen LogP contribution in [0.3, 0.4) is 0 Å². The zero-order valence-corrected chi connectivity index (χ0v) is 48.2. The number of hydrogen-bond donors (Lipinski definition) is 3. The average Bonchev–Trinajstić information content (AvgIpc) is 3.38. The molecule has 0 fully saturated rings. The Morgan fingerprint density at radius 3 is 1.07 bits per heavy atom. The fraction of sp³-hybridized carbons (Fsp3) is 0.848. The zero-order chi connectivity index (χ0) is 52.2. The Hall–Kier alpha value is -2.18. The van der Waals surface area contributed by atoms with Gasteiger partial charge in [0.15, 0.2) is 0 Å². The molecule has 0 bridgehead atoms. The lowest BCUT2D eigenvalue weighted by Gasteiger charge is -2.22. The smallest absolute Gasteiger partial charge is 0.305 e. The van der Waals surface area contributed by atoms with Crippen LogP contribution in [0.1, 0.15) is 335 Å². The maximum atomic E-state index is 12.5. The van der Waals surface area contributed by atoms with E-state index in [0.717, 1.165) is 57.8 Å². The van der Waals surface area contributed by atoms with Gasteiger partial charge in [-0.05, 0) is 89.9 Å². The van der Waals surface area contributed by atoms with Crippen molar-refractivity contribution in [1.82, 2.24) is 5.32 Å². The van der Waals surface area contributed by atoms with Crippen molar-refractivity contribution >= 4 is 11.9 Å². The van der Waals surface area contributed by atoms with Crippen LogP contribution in [0.25, 0.3) is 0 Å². The third-order valence-electron chi connectivity index (χ3n) is 14.6. The zero-order valence-electron chi connectivity index (χ0n) is 48.2. The molecule has 0 heterocycles. The van der Waals surface area contributed by atoms with Gasteiger partial charge in [0.05, 0.1) is 25.4 Å². The van der Waals surface area contributed by atoms with E-state index in [-0.39, 0.29) is 18.5 Å². The van der Waals surface area contributed by atoms with Crippen molar-refractivity contribution in [2.45, 2.75) is 347 Å². The summed E-state index contributed by atoms with van der Waals surface area (Å²) in [5.74, 6) is -0.0400. The molecule has 0 aliphatic rings. The van der Waals surface area contributed by atoms with E-state index in [1.54, 1.807) is 0 Å². The minimum Gasteiger partial charge on any atom is -0.466 e. The Morgan fingerprint density at radius 1 is 0.389 bits per heavy atom. The van der Waals surface area contributed by atoms with Crippen LogP contribution in [0.2, 0.25) is 0 Å². The number of esters is 1. The van der Waals surface area contributed by atoms with Crippen LogP contribution in [-0.4, -0.2) is 47.4 Å². The molecule has 0 aliphatic heterocycles. The van der Waals surface area contributed by atoms with E-state index in [1.165, 1.54) is 244 Å². The lowest BCUT2D eigenvalue weighted by molar-refractivity contribution is -0.143. The van der Waals surface area contributed by atoms with Gasteiger partial charge in [0.2, 0.25) is 5.91 Å². The molecule has 0 aliphatic carbocycles. The van der Waals surface area contributed by atoms with Gasteiger partial charge in [0.1, 0.15) is 0 Å². The number of amides is 1. The third-order valence-corrected chi connectivity index (χ3v) is 14.6. The first-order valence-electron chi connectivity index (χ1n) is 31.9. The van der Waals surface area contributed by atoms with E-state index in [4.69, 9.17) is 4.74 Å². The number of nitrogens with one attached hydrogen (secondary N) is 1. The third kappa shape index (κ3) is 57.1. The van der Waals surface area contributed by atoms with Gasteiger partial charge in [0.25, 0.3) is 0 Å². The van der Waals surface area contributed by atoms with Crippen molar-refractivity contribution in [2.75, 3.05) is 13.2 Å². The topological polar surface area (TPSA) is 95.9 Å². The van der Waals surface area contributed by atoms with Crippen LogP contribution in [-0.2, 0) is 14.3 Å². The number of aliphatic hydroxyl groups is 2. The van der Waals surface area contributed by atoms with Gasteiger partial charge < -0.3 is 20.3 Å². The highest BCUT2D eigenvalue weighted by molar-refractivity contribution is 5.76. The number of ether oxygens (including phenoxy) is 1. The van der Waals surface area contributed by atoms with E-state index in [0.29, 0.717) is 25.9 Å². The summed E-state index contributed by atoms with van der Waals surface area (Å²) < 4.78 is 5.49. The normalized spacial score (nSPS) is 12.9. The highest BCUT2D eigenvalue weighted by Crippen LogP contribution is 2.17. The largest absolute Gasteiger partial charge is 0.466 e. The molecule has 2 atom stereocenters. The fourth-order valence-corrected chi connectivity index (χ4v) is 9.70. The van der Waals surface area contributed by atoms with Crippen molar-refractivity contribution in [3.8, 4) is 0 Å². The lowest BCUT2D eigenvalue weighted by atomic mass is 10.0. The Bertz CT molecular complexity index is 1210. The summed E-state index contributed by atoms with van der Waals surface area (Å²) >= 11 is 0. The molecule has 6 heteroatoms. The highest BCUT2D eigenvalue weighted by atomic mass is 16.5. The van der Waals surface area contributed by atoms with Crippen LogP contribution in [0.5, 0.6) is 0 Å². The predicted octanol–water partition coefficient (Wildman–Crippen LogP) is 20.1. The van der Waals surface area contributed by atoms with Crippen molar-refractivity contribution in [1.29, 1.82) is 0 Å². The second-order valence-corrected chi connectivity index (χ2v) is 21.7. The SMILES string of the molecule is CCCCCC/C=C\C/C=C\CCCCCCCCCC(=O)OCCCCCCCCCCC/C=C\C/C=C\CCCCCCCCCCCC(=O)NC(CO)C(O)CCCCCCCCCCCCCC. The molecule has 422 valence electrons.